The molecule has 2 N–H and O–H groups in total. The van der Waals surface area contributed by atoms with Crippen LogP contribution in [0.1, 0.15) is 42.1 Å². The molecule has 29 heavy (non-hydrogen) atoms. The number of carbonyl (C=O) groups excluding carboxylic acids is 2. The van der Waals surface area contributed by atoms with Crippen LogP contribution in [0, 0.1) is 0 Å². The molecular weight excluding hydrogens is 370 g/mol. The van der Waals surface area contributed by atoms with Crippen LogP contribution in [0.15, 0.2) is 46.9 Å². The van der Waals surface area contributed by atoms with E-state index in [1.165, 1.54) is 6.07 Å². The van der Waals surface area contributed by atoms with Gasteiger partial charge in [-0.05, 0) is 38.3 Å². The Morgan fingerprint density at radius 3 is 2.59 bits per heavy atom. The fraction of sp³-hybridized carbons (Fsp3) is 0.304. The minimum absolute atomic E-state index is 0.0418. The molecule has 0 bridgehead atoms. The lowest BCUT2D eigenvalue weighted by Gasteiger charge is -2.26. The Kier molecular flexibility index (Phi) is 5.25. The molecule has 0 radical (unpaired) electrons. The summed E-state index contributed by atoms with van der Waals surface area (Å²) >= 11 is 0. The normalized spacial score (nSPS) is 13.8. The summed E-state index contributed by atoms with van der Waals surface area (Å²) in [5.41, 5.74) is 1.75. The number of benzene rings is 2. The monoisotopic (exact) mass is 393 g/mol. The fourth-order valence-electron chi connectivity index (χ4n) is 3.61. The van der Waals surface area contributed by atoms with Crippen LogP contribution in [0.4, 0.5) is 0 Å². The average Bonchev–Trinajstić information content (AvgIpc) is 3.08. The molecule has 150 valence electrons. The van der Waals surface area contributed by atoms with Crippen molar-refractivity contribution in [1.29, 1.82) is 0 Å². The predicted octanol–water partition coefficient (Wildman–Crippen LogP) is 4.19. The van der Waals surface area contributed by atoms with E-state index < -0.39 is 5.97 Å². The SMILES string of the molecule is CCOC(=O)c1c(-c2ccccc2)oc2ccc(O)c(CC(=O)NC3CCC3)c12. The number of rotatable bonds is 6. The Morgan fingerprint density at radius 2 is 1.93 bits per heavy atom. The third kappa shape index (κ3) is 3.70. The first kappa shape index (κ1) is 19.1. The summed E-state index contributed by atoms with van der Waals surface area (Å²) in [6.07, 6.45) is 3.01. The molecule has 1 aromatic heterocycles. The molecule has 1 aliphatic rings. The van der Waals surface area contributed by atoms with Crippen LogP contribution in [0.2, 0.25) is 0 Å². The van der Waals surface area contributed by atoms with Crippen molar-refractivity contribution in [2.45, 2.75) is 38.6 Å². The van der Waals surface area contributed by atoms with E-state index in [9.17, 15) is 14.7 Å². The average molecular weight is 393 g/mol. The summed E-state index contributed by atoms with van der Waals surface area (Å²) < 4.78 is 11.3. The van der Waals surface area contributed by atoms with Crippen molar-refractivity contribution in [3.8, 4) is 17.1 Å². The van der Waals surface area contributed by atoms with E-state index in [0.29, 0.717) is 22.3 Å². The summed E-state index contributed by atoms with van der Waals surface area (Å²) in [5.74, 6) is -0.413. The number of carbonyl (C=O) groups is 2. The molecule has 1 aliphatic carbocycles. The maximum atomic E-state index is 12.8. The van der Waals surface area contributed by atoms with Crippen molar-refractivity contribution in [1.82, 2.24) is 5.32 Å². The molecule has 3 aromatic rings. The number of esters is 1. The van der Waals surface area contributed by atoms with E-state index >= 15 is 0 Å². The topological polar surface area (TPSA) is 88.8 Å². The highest BCUT2D eigenvalue weighted by molar-refractivity contribution is 6.11. The second-order valence-electron chi connectivity index (χ2n) is 7.20. The van der Waals surface area contributed by atoms with Gasteiger partial charge in [0.05, 0.1) is 13.0 Å². The van der Waals surface area contributed by atoms with Crippen LogP contribution >= 0.6 is 0 Å². The number of nitrogens with one attached hydrogen (secondary N) is 1. The van der Waals surface area contributed by atoms with Crippen LogP contribution in [-0.4, -0.2) is 29.6 Å². The van der Waals surface area contributed by atoms with Gasteiger partial charge < -0.3 is 19.6 Å². The molecule has 1 amide bonds. The molecule has 0 atom stereocenters. The number of phenols is 1. The molecule has 1 saturated carbocycles. The van der Waals surface area contributed by atoms with Gasteiger partial charge in [0.1, 0.15) is 22.7 Å². The molecule has 1 fully saturated rings. The minimum atomic E-state index is -0.545. The van der Waals surface area contributed by atoms with Gasteiger partial charge in [0, 0.05) is 22.6 Å². The zero-order chi connectivity index (χ0) is 20.4. The summed E-state index contributed by atoms with van der Waals surface area (Å²) in [4.78, 5) is 25.4. The Balaban J connectivity index is 1.84. The van der Waals surface area contributed by atoms with Gasteiger partial charge in [-0.3, -0.25) is 4.79 Å². The molecule has 6 heteroatoms. The van der Waals surface area contributed by atoms with Crippen molar-refractivity contribution in [3.05, 3.63) is 53.6 Å². The van der Waals surface area contributed by atoms with Gasteiger partial charge in [-0.1, -0.05) is 30.3 Å². The molecule has 0 saturated heterocycles. The van der Waals surface area contributed by atoms with Gasteiger partial charge in [-0.25, -0.2) is 4.79 Å². The first-order chi connectivity index (χ1) is 14.1. The molecule has 0 aliphatic heterocycles. The molecular formula is C23H23NO5. The lowest BCUT2D eigenvalue weighted by atomic mass is 9.92. The summed E-state index contributed by atoms with van der Waals surface area (Å²) in [6.45, 7) is 1.93. The van der Waals surface area contributed by atoms with Gasteiger partial charge in [0.15, 0.2) is 0 Å². The zero-order valence-corrected chi connectivity index (χ0v) is 16.2. The van der Waals surface area contributed by atoms with Gasteiger partial charge in [0.25, 0.3) is 0 Å². The number of phenolic OH excluding ortho intramolecular Hbond substituents is 1. The van der Waals surface area contributed by atoms with Crippen molar-refractivity contribution in [2.75, 3.05) is 6.61 Å². The maximum absolute atomic E-state index is 12.8. The Hall–Kier alpha value is -3.28. The number of ether oxygens (including phenoxy) is 1. The highest BCUT2D eigenvalue weighted by Gasteiger charge is 2.28. The molecule has 0 unspecified atom stereocenters. The van der Waals surface area contributed by atoms with Crippen LogP contribution in [0.25, 0.3) is 22.3 Å². The molecule has 0 spiro atoms. The lowest BCUT2D eigenvalue weighted by molar-refractivity contribution is -0.121. The standard InChI is InChI=1S/C23H23NO5/c1-2-28-23(27)21-20-16(13-19(26)24-15-9-6-10-15)17(25)11-12-18(20)29-22(21)14-7-4-3-5-8-14/h3-5,7-8,11-12,15,25H,2,6,9-10,13H2,1H3,(H,24,26). The van der Waals surface area contributed by atoms with Crippen LogP contribution < -0.4 is 5.32 Å². The zero-order valence-electron chi connectivity index (χ0n) is 16.2. The molecule has 4 rings (SSSR count). The maximum Gasteiger partial charge on any atom is 0.342 e. The minimum Gasteiger partial charge on any atom is -0.508 e. The summed E-state index contributed by atoms with van der Waals surface area (Å²) in [7, 11) is 0. The Bertz CT molecular complexity index is 1050. The van der Waals surface area contributed by atoms with Gasteiger partial charge in [-0.15, -0.1) is 0 Å². The Morgan fingerprint density at radius 1 is 1.17 bits per heavy atom. The number of hydrogen-bond donors (Lipinski definition) is 2. The van der Waals surface area contributed by atoms with E-state index in [0.717, 1.165) is 24.8 Å². The number of hydrogen-bond acceptors (Lipinski definition) is 5. The van der Waals surface area contributed by atoms with E-state index in [4.69, 9.17) is 9.15 Å². The summed E-state index contributed by atoms with van der Waals surface area (Å²) in [5, 5.41) is 13.9. The van der Waals surface area contributed by atoms with Crippen LogP contribution in [0.5, 0.6) is 5.75 Å². The fourth-order valence-corrected chi connectivity index (χ4v) is 3.61. The first-order valence-electron chi connectivity index (χ1n) is 9.87. The number of furan rings is 1. The lowest BCUT2D eigenvalue weighted by Crippen LogP contribution is -2.40. The van der Waals surface area contributed by atoms with Gasteiger partial charge in [-0.2, -0.15) is 0 Å². The van der Waals surface area contributed by atoms with Crippen LogP contribution in [-0.2, 0) is 16.0 Å². The molecule has 6 nitrogen and oxygen atoms in total. The highest BCUT2D eigenvalue weighted by Crippen LogP contribution is 2.39. The molecule has 2 aromatic carbocycles. The number of amides is 1. The third-order valence-electron chi connectivity index (χ3n) is 5.26. The number of aromatic hydroxyl groups is 1. The predicted molar refractivity (Wildman–Crippen MR) is 109 cm³/mol. The van der Waals surface area contributed by atoms with Gasteiger partial charge >= 0.3 is 5.97 Å². The van der Waals surface area contributed by atoms with Crippen molar-refractivity contribution >= 4 is 22.8 Å². The van der Waals surface area contributed by atoms with Crippen molar-refractivity contribution in [3.63, 3.8) is 0 Å². The second kappa shape index (κ2) is 7.99. The largest absolute Gasteiger partial charge is 0.508 e. The van der Waals surface area contributed by atoms with E-state index in [1.54, 1.807) is 13.0 Å². The first-order valence-corrected chi connectivity index (χ1v) is 9.87. The highest BCUT2D eigenvalue weighted by atomic mass is 16.5. The van der Waals surface area contributed by atoms with Crippen LogP contribution in [0.3, 0.4) is 0 Å². The number of fused-ring (bicyclic) bond motifs is 1. The quantitative estimate of drug-likeness (QED) is 0.613. The van der Waals surface area contributed by atoms with Gasteiger partial charge in [0.2, 0.25) is 5.91 Å². The smallest absolute Gasteiger partial charge is 0.342 e. The second-order valence-corrected chi connectivity index (χ2v) is 7.20. The van der Waals surface area contributed by atoms with E-state index in [2.05, 4.69) is 5.32 Å². The van der Waals surface area contributed by atoms with E-state index in [1.807, 2.05) is 30.3 Å². The molecule has 1 heterocycles. The van der Waals surface area contributed by atoms with Crippen molar-refractivity contribution < 1.29 is 23.8 Å². The van der Waals surface area contributed by atoms with Crippen molar-refractivity contribution in [2.24, 2.45) is 0 Å². The van der Waals surface area contributed by atoms with E-state index in [-0.39, 0.29) is 36.3 Å². The third-order valence-corrected chi connectivity index (χ3v) is 5.26. The summed E-state index contributed by atoms with van der Waals surface area (Å²) in [6, 6.07) is 12.5. The Labute approximate surface area is 168 Å².